The number of rotatable bonds is 7. The van der Waals surface area contributed by atoms with Crippen molar-refractivity contribution < 1.29 is 4.79 Å². The summed E-state index contributed by atoms with van der Waals surface area (Å²) in [6.45, 7) is 0. The van der Waals surface area contributed by atoms with Crippen molar-refractivity contribution in [3.63, 3.8) is 0 Å². The second-order valence-electron chi connectivity index (χ2n) is 5.09. The molecule has 0 spiro atoms. The second kappa shape index (κ2) is 9.05. The molecule has 0 atom stereocenters. The van der Waals surface area contributed by atoms with Crippen LogP contribution in [-0.4, -0.2) is 16.6 Å². The Balaban J connectivity index is 1.46. The van der Waals surface area contributed by atoms with E-state index in [1.165, 1.54) is 27.6 Å². The van der Waals surface area contributed by atoms with Crippen LogP contribution >= 0.6 is 57.6 Å². The normalized spacial score (nSPS) is 10.8. The van der Waals surface area contributed by atoms with E-state index in [0.29, 0.717) is 20.2 Å². The van der Waals surface area contributed by atoms with Gasteiger partial charge in [0.1, 0.15) is 4.34 Å². The average molecular weight is 429 g/mol. The third kappa shape index (κ3) is 5.46. The molecule has 130 valence electrons. The lowest BCUT2D eigenvalue weighted by Crippen LogP contribution is -2.11. The Morgan fingerprint density at radius 2 is 2.04 bits per heavy atom. The molecule has 0 bridgehead atoms. The highest BCUT2D eigenvalue weighted by atomic mass is 35.5. The second-order valence-corrected chi connectivity index (χ2v) is 9.40. The Morgan fingerprint density at radius 1 is 1.24 bits per heavy atom. The third-order valence-corrected chi connectivity index (χ3v) is 6.59. The number of hydrogen-bond donors (Lipinski definition) is 1. The number of halogens is 2. The van der Waals surface area contributed by atoms with Crippen molar-refractivity contribution in [2.24, 2.45) is 0 Å². The van der Waals surface area contributed by atoms with Crippen molar-refractivity contribution in [1.29, 1.82) is 0 Å². The number of anilines is 1. The smallest absolute Gasteiger partial charge is 0.226 e. The predicted molar refractivity (Wildman–Crippen MR) is 110 cm³/mol. The first kappa shape index (κ1) is 18.7. The lowest BCUT2D eigenvalue weighted by Gasteiger charge is -2.02. The first-order valence-electron chi connectivity index (χ1n) is 7.50. The highest BCUT2D eigenvalue weighted by molar-refractivity contribution is 7.99. The van der Waals surface area contributed by atoms with Crippen LogP contribution in [0.3, 0.4) is 0 Å². The SMILES string of the molecule is O=C(CCCSc1ccccc1)Nc1nc(-c2cc(Cl)sc2Cl)cs1. The molecule has 0 unspecified atom stereocenters. The van der Waals surface area contributed by atoms with E-state index in [9.17, 15) is 4.79 Å². The van der Waals surface area contributed by atoms with Gasteiger partial charge in [0, 0.05) is 22.3 Å². The van der Waals surface area contributed by atoms with Gasteiger partial charge in [-0.05, 0) is 30.4 Å². The van der Waals surface area contributed by atoms with Crippen LogP contribution in [0.15, 0.2) is 46.7 Å². The van der Waals surface area contributed by atoms with Gasteiger partial charge in [-0.1, -0.05) is 41.4 Å². The zero-order valence-electron chi connectivity index (χ0n) is 13.0. The van der Waals surface area contributed by atoms with E-state index in [-0.39, 0.29) is 5.91 Å². The number of nitrogens with zero attached hydrogens (tertiary/aromatic N) is 1. The van der Waals surface area contributed by atoms with Gasteiger partial charge in [-0.3, -0.25) is 4.79 Å². The first-order valence-corrected chi connectivity index (χ1v) is 10.9. The van der Waals surface area contributed by atoms with Crippen LogP contribution in [-0.2, 0) is 4.79 Å². The molecule has 3 nitrogen and oxygen atoms in total. The van der Waals surface area contributed by atoms with Crippen LogP contribution in [0.1, 0.15) is 12.8 Å². The fourth-order valence-electron chi connectivity index (χ4n) is 2.09. The Kier molecular flexibility index (Phi) is 6.78. The topological polar surface area (TPSA) is 42.0 Å². The van der Waals surface area contributed by atoms with Gasteiger partial charge in [-0.2, -0.15) is 0 Å². The molecule has 2 aromatic heterocycles. The van der Waals surface area contributed by atoms with E-state index in [4.69, 9.17) is 23.2 Å². The molecule has 0 radical (unpaired) electrons. The Labute approximate surface area is 168 Å². The van der Waals surface area contributed by atoms with Gasteiger partial charge in [-0.15, -0.1) is 34.4 Å². The van der Waals surface area contributed by atoms with Crippen molar-refractivity contribution >= 4 is 68.7 Å². The summed E-state index contributed by atoms with van der Waals surface area (Å²) in [6, 6.07) is 12.0. The van der Waals surface area contributed by atoms with Crippen molar-refractivity contribution in [3.8, 4) is 11.3 Å². The number of hydrogen-bond acceptors (Lipinski definition) is 5. The number of thioether (sulfide) groups is 1. The number of benzene rings is 1. The number of thiophene rings is 1. The maximum absolute atomic E-state index is 12.0. The minimum atomic E-state index is -0.0241. The molecule has 0 fully saturated rings. The fourth-order valence-corrected chi connectivity index (χ4v) is 5.17. The van der Waals surface area contributed by atoms with E-state index >= 15 is 0 Å². The van der Waals surface area contributed by atoms with Gasteiger partial charge in [0.2, 0.25) is 5.91 Å². The van der Waals surface area contributed by atoms with Crippen molar-refractivity contribution in [3.05, 3.63) is 50.5 Å². The lowest BCUT2D eigenvalue weighted by molar-refractivity contribution is -0.116. The largest absolute Gasteiger partial charge is 0.302 e. The molecule has 2 heterocycles. The Hall–Kier alpha value is -1.05. The summed E-state index contributed by atoms with van der Waals surface area (Å²) in [5.74, 6) is 0.882. The highest BCUT2D eigenvalue weighted by Crippen LogP contribution is 2.39. The molecule has 25 heavy (non-hydrogen) atoms. The summed E-state index contributed by atoms with van der Waals surface area (Å²) < 4.78 is 1.22. The minimum Gasteiger partial charge on any atom is -0.302 e. The predicted octanol–water partition coefficient (Wildman–Crippen LogP) is 6.69. The van der Waals surface area contributed by atoms with Gasteiger partial charge in [0.05, 0.1) is 10.0 Å². The molecular weight excluding hydrogens is 415 g/mol. The summed E-state index contributed by atoms with van der Waals surface area (Å²) in [5, 5.41) is 5.29. The number of carbonyl (C=O) groups is 1. The minimum absolute atomic E-state index is 0.0241. The molecule has 0 aliphatic heterocycles. The molecule has 1 N–H and O–H groups in total. The maximum atomic E-state index is 12.0. The van der Waals surface area contributed by atoms with E-state index in [1.807, 2.05) is 23.6 Å². The Bertz CT molecular complexity index is 849. The Morgan fingerprint density at radius 3 is 2.76 bits per heavy atom. The molecule has 3 aromatic rings. The average Bonchev–Trinajstić information content (AvgIpc) is 3.18. The molecule has 3 rings (SSSR count). The van der Waals surface area contributed by atoms with E-state index in [1.54, 1.807) is 17.8 Å². The molecule has 0 aliphatic rings. The number of aromatic nitrogens is 1. The molecule has 8 heteroatoms. The zero-order chi connectivity index (χ0) is 17.6. The number of nitrogens with one attached hydrogen (secondary N) is 1. The summed E-state index contributed by atoms with van der Waals surface area (Å²) in [7, 11) is 0. The van der Waals surface area contributed by atoms with Crippen molar-refractivity contribution in [2.75, 3.05) is 11.1 Å². The van der Waals surface area contributed by atoms with Crippen LogP contribution < -0.4 is 5.32 Å². The standard InChI is InChI=1S/C17H14Cl2N2OS3/c18-14-9-12(16(19)25-14)13-10-24-17(20-13)21-15(22)7-4-8-23-11-5-2-1-3-6-11/h1-3,5-6,9-10H,4,7-8H2,(H,20,21,22). The summed E-state index contributed by atoms with van der Waals surface area (Å²) in [5.41, 5.74) is 1.53. The van der Waals surface area contributed by atoms with Crippen LogP contribution in [0.25, 0.3) is 11.3 Å². The number of thiazole rings is 1. The van der Waals surface area contributed by atoms with Crippen LogP contribution in [0.4, 0.5) is 5.13 Å². The molecule has 0 saturated heterocycles. The number of carbonyl (C=O) groups excluding carboxylic acids is 1. The summed E-state index contributed by atoms with van der Waals surface area (Å²) in [6.07, 6.45) is 1.29. The van der Waals surface area contributed by atoms with Gasteiger partial charge < -0.3 is 5.32 Å². The fraction of sp³-hybridized carbons (Fsp3) is 0.176. The molecule has 0 saturated carbocycles. The van der Waals surface area contributed by atoms with E-state index < -0.39 is 0 Å². The van der Waals surface area contributed by atoms with E-state index in [2.05, 4.69) is 22.4 Å². The highest BCUT2D eigenvalue weighted by Gasteiger charge is 2.13. The monoisotopic (exact) mass is 428 g/mol. The van der Waals surface area contributed by atoms with Gasteiger partial charge in [0.25, 0.3) is 0 Å². The molecule has 1 aromatic carbocycles. The number of amides is 1. The van der Waals surface area contributed by atoms with E-state index in [0.717, 1.165) is 23.4 Å². The van der Waals surface area contributed by atoms with Crippen LogP contribution in [0, 0.1) is 0 Å². The van der Waals surface area contributed by atoms with Gasteiger partial charge in [-0.25, -0.2) is 4.98 Å². The summed E-state index contributed by atoms with van der Waals surface area (Å²) >= 11 is 16.5. The van der Waals surface area contributed by atoms with Gasteiger partial charge >= 0.3 is 0 Å². The van der Waals surface area contributed by atoms with Crippen LogP contribution in [0.2, 0.25) is 8.67 Å². The van der Waals surface area contributed by atoms with Crippen LogP contribution in [0.5, 0.6) is 0 Å². The molecular formula is C17H14Cl2N2OS3. The quantitative estimate of drug-likeness (QED) is 0.336. The van der Waals surface area contributed by atoms with Crippen molar-refractivity contribution in [1.82, 2.24) is 4.98 Å². The van der Waals surface area contributed by atoms with Gasteiger partial charge in [0.15, 0.2) is 5.13 Å². The third-order valence-electron chi connectivity index (χ3n) is 3.24. The lowest BCUT2D eigenvalue weighted by atomic mass is 10.3. The summed E-state index contributed by atoms with van der Waals surface area (Å²) in [4.78, 5) is 17.7. The van der Waals surface area contributed by atoms with Crippen molar-refractivity contribution in [2.45, 2.75) is 17.7 Å². The maximum Gasteiger partial charge on any atom is 0.226 e. The zero-order valence-corrected chi connectivity index (χ0v) is 17.0. The first-order chi connectivity index (χ1) is 12.1. The molecule has 1 amide bonds. The molecule has 0 aliphatic carbocycles.